The Morgan fingerprint density at radius 2 is 1.35 bits per heavy atom. The fraction of sp³-hybridized carbons (Fsp3) is 0.467. The van der Waals surface area contributed by atoms with Gasteiger partial charge >= 0.3 is 60.8 Å². The molecule has 0 bridgehead atoms. The van der Waals surface area contributed by atoms with Crippen LogP contribution in [0.4, 0.5) is 0 Å². The maximum absolute atomic E-state index is 11.1. The predicted octanol–water partition coefficient (Wildman–Crippen LogP) is 1.94. The Balaban J connectivity index is 0.00000361. The van der Waals surface area contributed by atoms with Gasteiger partial charge in [0.15, 0.2) is 5.92 Å². The number of hydrogen-bond acceptors (Lipinski definition) is 2. The average Bonchev–Trinajstić information content (AvgIpc) is 2.11. The third-order valence-electron chi connectivity index (χ3n) is 3.13. The monoisotopic (exact) mass is 404 g/mol. The Hall–Kier alpha value is -0.269. The number of carboxylic acid groups (broad SMARTS) is 2. The van der Waals surface area contributed by atoms with Crippen molar-refractivity contribution in [2.24, 2.45) is 0 Å². The van der Waals surface area contributed by atoms with Gasteiger partial charge in [-0.05, 0) is 41.5 Å². The van der Waals surface area contributed by atoms with Gasteiger partial charge in [-0.15, -0.1) is 0 Å². The Bertz CT molecular complexity index is 492. The van der Waals surface area contributed by atoms with Gasteiger partial charge in [0.2, 0.25) is 0 Å². The molecule has 0 atom stereocenters. The molecular weight excluding hydrogens is 381 g/mol. The van der Waals surface area contributed by atoms with Crippen LogP contribution in [0.1, 0.15) is 48.9 Å². The van der Waals surface area contributed by atoms with E-state index < -0.39 is 17.9 Å². The van der Waals surface area contributed by atoms with E-state index in [4.69, 9.17) is 10.2 Å². The summed E-state index contributed by atoms with van der Waals surface area (Å²) < 4.78 is 0. The molecular formula is C15H22BaO4. The van der Waals surface area contributed by atoms with Gasteiger partial charge < -0.3 is 10.2 Å². The molecule has 0 unspecified atom stereocenters. The first-order valence-electron chi connectivity index (χ1n) is 6.13. The third-order valence-corrected chi connectivity index (χ3v) is 3.13. The summed E-state index contributed by atoms with van der Waals surface area (Å²) in [5.41, 5.74) is 3.24. The molecule has 1 aromatic rings. The summed E-state index contributed by atoms with van der Waals surface area (Å²) in [7, 11) is 0. The number of aryl methyl sites for hydroxylation is 2. The van der Waals surface area contributed by atoms with Gasteiger partial charge in [0, 0.05) is 0 Å². The van der Waals surface area contributed by atoms with Crippen LogP contribution in [0.15, 0.2) is 12.1 Å². The summed E-state index contributed by atoms with van der Waals surface area (Å²) in [6, 6.07) is 3.33. The topological polar surface area (TPSA) is 74.6 Å². The Labute approximate surface area is 159 Å². The minimum absolute atomic E-state index is 0. The first kappa shape index (κ1) is 19.7. The van der Waals surface area contributed by atoms with Gasteiger partial charge in [0.1, 0.15) is 0 Å². The molecule has 0 aromatic heterocycles. The van der Waals surface area contributed by atoms with Crippen LogP contribution in [-0.4, -0.2) is 71.0 Å². The van der Waals surface area contributed by atoms with Crippen molar-refractivity contribution in [3.05, 3.63) is 34.4 Å². The molecule has 0 fully saturated rings. The fourth-order valence-corrected chi connectivity index (χ4v) is 2.74. The van der Waals surface area contributed by atoms with Gasteiger partial charge in [-0.1, -0.05) is 32.9 Å². The molecule has 1 aromatic carbocycles. The molecule has 0 radical (unpaired) electrons. The molecule has 20 heavy (non-hydrogen) atoms. The Morgan fingerprint density at radius 1 is 1.00 bits per heavy atom. The van der Waals surface area contributed by atoms with Gasteiger partial charge in [-0.3, -0.25) is 9.59 Å². The summed E-state index contributed by atoms with van der Waals surface area (Å²) >= 11 is 0. The Morgan fingerprint density at radius 3 is 1.60 bits per heavy atom. The summed E-state index contributed by atoms with van der Waals surface area (Å²) in [4.78, 5) is 22.1. The molecule has 0 spiro atoms. The number of benzene rings is 1. The molecule has 0 aliphatic heterocycles. The van der Waals surface area contributed by atoms with E-state index >= 15 is 0 Å². The van der Waals surface area contributed by atoms with Crippen molar-refractivity contribution in [3.63, 3.8) is 0 Å². The zero-order valence-electron chi connectivity index (χ0n) is 11.9. The van der Waals surface area contributed by atoms with Crippen LogP contribution < -0.4 is 0 Å². The molecule has 2 N–H and O–H groups in total. The molecule has 5 heteroatoms. The maximum atomic E-state index is 11.1. The van der Waals surface area contributed by atoms with Crippen molar-refractivity contribution >= 4 is 60.8 Å². The number of carboxylic acids is 2. The van der Waals surface area contributed by atoms with Crippen molar-refractivity contribution in [2.75, 3.05) is 0 Å². The van der Waals surface area contributed by atoms with Gasteiger partial charge in [0.25, 0.3) is 0 Å². The quantitative estimate of drug-likeness (QED) is 0.597. The van der Waals surface area contributed by atoms with Crippen molar-refractivity contribution < 1.29 is 19.8 Å². The van der Waals surface area contributed by atoms with E-state index in [2.05, 4.69) is 20.8 Å². The molecule has 0 aliphatic rings. The summed E-state index contributed by atoms with van der Waals surface area (Å²) in [5, 5.41) is 18.1. The minimum atomic E-state index is -1.51. The van der Waals surface area contributed by atoms with Crippen molar-refractivity contribution in [3.8, 4) is 0 Å². The van der Waals surface area contributed by atoms with E-state index in [9.17, 15) is 9.59 Å². The predicted molar refractivity (Wildman–Crippen MR) is 81.2 cm³/mol. The third kappa shape index (κ3) is 4.36. The standard InChI is InChI=1S/C15H20O4.Ba.2H/c1-8-6-10(11(13(16)17)14(18)19)7-9(2)12(8)15(3,4)5;;;/h6-7,11H,1-5H3,(H,16,17)(H,18,19);;;. The fourth-order valence-electron chi connectivity index (χ4n) is 2.74. The summed E-state index contributed by atoms with van der Waals surface area (Å²) in [6.45, 7) is 10.0. The van der Waals surface area contributed by atoms with Gasteiger partial charge in [-0.25, -0.2) is 0 Å². The normalized spacial score (nSPS) is 11.1. The second kappa shape index (κ2) is 7.13. The number of rotatable bonds is 3. The molecule has 0 saturated heterocycles. The van der Waals surface area contributed by atoms with E-state index in [-0.39, 0.29) is 54.3 Å². The summed E-state index contributed by atoms with van der Waals surface area (Å²) in [6.07, 6.45) is 0. The van der Waals surface area contributed by atoms with Crippen molar-refractivity contribution in [1.82, 2.24) is 0 Å². The molecule has 0 amide bonds. The van der Waals surface area contributed by atoms with Crippen LogP contribution in [0.2, 0.25) is 0 Å². The second-order valence-corrected chi connectivity index (χ2v) is 5.89. The van der Waals surface area contributed by atoms with Crippen molar-refractivity contribution in [2.45, 2.75) is 46.0 Å². The first-order valence-corrected chi connectivity index (χ1v) is 6.13. The van der Waals surface area contributed by atoms with E-state index in [0.29, 0.717) is 5.56 Å². The van der Waals surface area contributed by atoms with Crippen LogP contribution in [-0.2, 0) is 15.0 Å². The van der Waals surface area contributed by atoms with E-state index in [1.807, 2.05) is 13.8 Å². The zero-order chi connectivity index (χ0) is 15.0. The molecule has 108 valence electrons. The van der Waals surface area contributed by atoms with Crippen LogP contribution >= 0.6 is 0 Å². The number of aliphatic carboxylic acids is 2. The number of carbonyl (C=O) groups is 2. The van der Waals surface area contributed by atoms with Crippen LogP contribution in [0, 0.1) is 13.8 Å². The van der Waals surface area contributed by atoms with Gasteiger partial charge in [0.05, 0.1) is 0 Å². The SMILES string of the molecule is Cc1cc(C(C(=O)O)C(=O)O)cc(C)c1C(C)(C)C.[BaH2]. The average molecular weight is 404 g/mol. The van der Waals surface area contributed by atoms with Gasteiger partial charge in [-0.2, -0.15) is 0 Å². The number of hydrogen-bond donors (Lipinski definition) is 2. The second-order valence-electron chi connectivity index (χ2n) is 5.89. The molecule has 4 nitrogen and oxygen atoms in total. The first-order chi connectivity index (χ1) is 8.55. The zero-order valence-corrected chi connectivity index (χ0v) is 11.9. The molecule has 0 aliphatic carbocycles. The van der Waals surface area contributed by atoms with Crippen molar-refractivity contribution in [1.29, 1.82) is 0 Å². The Kier molecular flexibility index (Phi) is 7.04. The molecule has 1 rings (SSSR count). The van der Waals surface area contributed by atoms with E-state index in [1.54, 1.807) is 12.1 Å². The van der Waals surface area contributed by atoms with Crippen LogP contribution in [0.25, 0.3) is 0 Å². The van der Waals surface area contributed by atoms with Crippen LogP contribution in [0.3, 0.4) is 0 Å². The summed E-state index contributed by atoms with van der Waals surface area (Å²) in [5.74, 6) is -4.18. The molecule has 0 heterocycles. The van der Waals surface area contributed by atoms with E-state index in [1.165, 1.54) is 0 Å². The van der Waals surface area contributed by atoms with Crippen LogP contribution in [0.5, 0.6) is 0 Å². The van der Waals surface area contributed by atoms with E-state index in [0.717, 1.165) is 16.7 Å². The molecule has 0 saturated carbocycles.